The average Bonchev–Trinajstić information content (AvgIpc) is 2.72. The first-order chi connectivity index (χ1) is 14.0. The average molecular weight is 409 g/mol. The molecule has 4 rings (SSSR count). The Kier molecular flexibility index (Phi) is 5.49. The van der Waals surface area contributed by atoms with Crippen molar-refractivity contribution >= 4 is 23.4 Å². The van der Waals surface area contributed by atoms with Gasteiger partial charge in [0.05, 0.1) is 11.4 Å². The number of fused-ring (bicyclic) bond motifs is 3. The summed E-state index contributed by atoms with van der Waals surface area (Å²) in [5, 5.41) is 0.481. The van der Waals surface area contributed by atoms with Gasteiger partial charge in [0.1, 0.15) is 18.2 Å². The van der Waals surface area contributed by atoms with E-state index in [0.29, 0.717) is 35.3 Å². The van der Waals surface area contributed by atoms with Gasteiger partial charge < -0.3 is 9.64 Å². The minimum absolute atomic E-state index is 0.0146. The molecule has 148 valence electrons. The molecule has 0 spiro atoms. The number of anilines is 1. The van der Waals surface area contributed by atoms with E-state index in [9.17, 15) is 9.18 Å². The Balaban J connectivity index is 1.52. The van der Waals surface area contributed by atoms with Crippen LogP contribution in [0.5, 0.6) is 5.75 Å². The number of carbonyl (C=O) groups excluding carboxylic acids is 1. The van der Waals surface area contributed by atoms with Crippen molar-refractivity contribution in [3.8, 4) is 17.0 Å². The van der Waals surface area contributed by atoms with Crippen LogP contribution in [-0.4, -0.2) is 28.2 Å². The van der Waals surface area contributed by atoms with E-state index in [-0.39, 0.29) is 17.5 Å². The first-order valence-electron chi connectivity index (χ1n) is 9.33. The Morgan fingerprint density at radius 3 is 2.93 bits per heavy atom. The number of rotatable bonds is 5. The van der Waals surface area contributed by atoms with Crippen LogP contribution in [0.15, 0.2) is 53.8 Å². The normalized spacial score (nSPS) is 12.0. The first kappa shape index (κ1) is 19.4. The summed E-state index contributed by atoms with van der Waals surface area (Å²) in [6.07, 6.45) is 1.68. The summed E-state index contributed by atoms with van der Waals surface area (Å²) >= 11 is 1.27. The molecule has 2 heterocycles. The maximum absolute atomic E-state index is 13.7. The van der Waals surface area contributed by atoms with Gasteiger partial charge in [-0.2, -0.15) is 0 Å². The maximum atomic E-state index is 13.7. The fourth-order valence-corrected chi connectivity index (χ4v) is 3.96. The zero-order valence-corrected chi connectivity index (χ0v) is 17.0. The Morgan fingerprint density at radius 1 is 1.28 bits per heavy atom. The minimum atomic E-state index is -0.347. The van der Waals surface area contributed by atoms with Crippen LogP contribution in [0, 0.1) is 12.7 Å². The number of hydrogen-bond acceptors (Lipinski definition) is 5. The van der Waals surface area contributed by atoms with Crippen molar-refractivity contribution in [1.29, 1.82) is 0 Å². The van der Waals surface area contributed by atoms with Crippen molar-refractivity contribution in [1.82, 2.24) is 9.97 Å². The maximum Gasteiger partial charge on any atom is 0.237 e. The minimum Gasteiger partial charge on any atom is -0.488 e. The van der Waals surface area contributed by atoms with E-state index < -0.39 is 0 Å². The van der Waals surface area contributed by atoms with Gasteiger partial charge in [0, 0.05) is 29.6 Å². The van der Waals surface area contributed by atoms with Gasteiger partial charge in [-0.1, -0.05) is 23.9 Å². The number of ether oxygens (including phenoxy) is 1. The zero-order chi connectivity index (χ0) is 20.4. The number of thioether (sulfide) groups is 1. The molecule has 1 aliphatic heterocycles. The van der Waals surface area contributed by atoms with Crippen molar-refractivity contribution in [3.63, 3.8) is 0 Å². The Bertz CT molecular complexity index is 1070. The van der Waals surface area contributed by atoms with Gasteiger partial charge in [0.2, 0.25) is 5.91 Å². The van der Waals surface area contributed by atoms with Crippen LogP contribution in [0.4, 0.5) is 10.1 Å². The lowest BCUT2D eigenvalue weighted by Gasteiger charge is -2.22. The summed E-state index contributed by atoms with van der Waals surface area (Å²) in [4.78, 5) is 23.4. The molecule has 5 nitrogen and oxygen atoms in total. The van der Waals surface area contributed by atoms with E-state index in [4.69, 9.17) is 4.74 Å². The molecule has 3 aromatic rings. The Labute approximate surface area is 172 Å². The number of halogens is 1. The lowest BCUT2D eigenvalue weighted by atomic mass is 10.0. The molecule has 1 aromatic heterocycles. The van der Waals surface area contributed by atoms with Crippen LogP contribution in [0.3, 0.4) is 0 Å². The zero-order valence-electron chi connectivity index (χ0n) is 16.2. The highest BCUT2D eigenvalue weighted by atomic mass is 32.2. The second-order valence-electron chi connectivity index (χ2n) is 6.72. The third-order valence-corrected chi connectivity index (χ3v) is 5.52. The van der Waals surface area contributed by atoms with Crippen molar-refractivity contribution in [2.75, 3.05) is 17.2 Å². The van der Waals surface area contributed by atoms with Crippen molar-refractivity contribution < 1.29 is 13.9 Å². The second-order valence-corrected chi connectivity index (χ2v) is 7.66. The van der Waals surface area contributed by atoms with Crippen molar-refractivity contribution in [2.24, 2.45) is 0 Å². The summed E-state index contributed by atoms with van der Waals surface area (Å²) in [7, 11) is 0. The quantitative estimate of drug-likeness (QED) is 0.454. The molecule has 0 bridgehead atoms. The van der Waals surface area contributed by atoms with E-state index in [0.717, 1.165) is 16.8 Å². The third-order valence-electron chi connectivity index (χ3n) is 4.68. The molecule has 0 aliphatic carbocycles. The topological polar surface area (TPSA) is 55.3 Å². The van der Waals surface area contributed by atoms with Gasteiger partial charge in [-0.15, -0.1) is 0 Å². The smallest absolute Gasteiger partial charge is 0.237 e. The van der Waals surface area contributed by atoms with Crippen LogP contribution < -0.4 is 9.64 Å². The van der Waals surface area contributed by atoms with Crippen molar-refractivity contribution in [3.05, 3.63) is 65.6 Å². The molecule has 29 heavy (non-hydrogen) atoms. The highest BCUT2D eigenvalue weighted by Gasteiger charge is 2.21. The number of benzene rings is 2. The second kappa shape index (κ2) is 8.21. The van der Waals surface area contributed by atoms with Crippen molar-refractivity contribution in [2.45, 2.75) is 25.6 Å². The number of amides is 1. The summed E-state index contributed by atoms with van der Waals surface area (Å²) < 4.78 is 19.3. The molecule has 7 heteroatoms. The molecule has 0 atom stereocenters. The molecule has 1 aliphatic rings. The molecule has 0 unspecified atom stereocenters. The van der Waals surface area contributed by atoms with Crippen LogP contribution >= 0.6 is 11.8 Å². The van der Waals surface area contributed by atoms with E-state index in [1.807, 2.05) is 38.1 Å². The number of hydrogen-bond donors (Lipinski definition) is 0. The highest BCUT2D eigenvalue weighted by Crippen LogP contribution is 2.37. The number of aromatic nitrogens is 2. The van der Waals surface area contributed by atoms with E-state index in [1.165, 1.54) is 23.9 Å². The van der Waals surface area contributed by atoms with Crippen LogP contribution in [0.25, 0.3) is 11.3 Å². The largest absolute Gasteiger partial charge is 0.488 e. The van der Waals surface area contributed by atoms with Crippen LogP contribution in [0.2, 0.25) is 0 Å². The number of carbonyl (C=O) groups is 1. The fourth-order valence-electron chi connectivity index (χ4n) is 3.27. The summed E-state index contributed by atoms with van der Waals surface area (Å²) in [6.45, 7) is 4.88. The standard InChI is InChI=1S/C22H20FN3O2S/c1-3-26(17-6-4-5-14(2)9-17)20(27)13-29-22-24-11-15-12-28-19-8-7-16(23)10-18(19)21(15)25-22/h4-11H,3,12-13H2,1-2H3. The highest BCUT2D eigenvalue weighted by molar-refractivity contribution is 7.99. The molecule has 1 amide bonds. The molecule has 0 radical (unpaired) electrons. The molecule has 0 saturated carbocycles. The molecule has 0 fully saturated rings. The number of aryl methyl sites for hydroxylation is 1. The Hall–Kier alpha value is -2.93. The summed E-state index contributed by atoms with van der Waals surface area (Å²) in [5.41, 5.74) is 4.05. The predicted molar refractivity (Wildman–Crippen MR) is 112 cm³/mol. The number of nitrogens with zero attached hydrogens (tertiary/aromatic N) is 3. The van der Waals surface area contributed by atoms with Gasteiger partial charge in [-0.3, -0.25) is 4.79 Å². The monoisotopic (exact) mass is 409 g/mol. The predicted octanol–water partition coefficient (Wildman–Crippen LogP) is 4.63. The van der Waals surface area contributed by atoms with Gasteiger partial charge >= 0.3 is 0 Å². The van der Waals surface area contributed by atoms with E-state index >= 15 is 0 Å². The van der Waals surface area contributed by atoms with E-state index in [1.54, 1.807) is 17.2 Å². The third kappa shape index (κ3) is 4.10. The molecule has 0 N–H and O–H groups in total. The van der Waals surface area contributed by atoms with Gasteiger partial charge in [0.15, 0.2) is 5.16 Å². The van der Waals surface area contributed by atoms with Gasteiger partial charge in [-0.25, -0.2) is 14.4 Å². The van der Waals surface area contributed by atoms with E-state index in [2.05, 4.69) is 9.97 Å². The summed E-state index contributed by atoms with van der Waals surface area (Å²) in [6, 6.07) is 12.3. The lowest BCUT2D eigenvalue weighted by molar-refractivity contribution is -0.116. The summed E-state index contributed by atoms with van der Waals surface area (Å²) in [5.74, 6) is 0.452. The fraction of sp³-hybridized carbons (Fsp3) is 0.227. The lowest BCUT2D eigenvalue weighted by Crippen LogP contribution is -2.32. The Morgan fingerprint density at radius 2 is 2.14 bits per heavy atom. The molecular weight excluding hydrogens is 389 g/mol. The van der Waals surface area contributed by atoms with Gasteiger partial charge in [-0.05, 0) is 49.7 Å². The van der Waals surface area contributed by atoms with Gasteiger partial charge in [0.25, 0.3) is 0 Å². The molecule has 0 saturated heterocycles. The van der Waals surface area contributed by atoms with Crippen LogP contribution in [-0.2, 0) is 11.4 Å². The SMILES string of the molecule is CCN(C(=O)CSc1ncc2c(n1)-c1cc(F)ccc1OC2)c1cccc(C)c1. The van der Waals surface area contributed by atoms with Crippen LogP contribution in [0.1, 0.15) is 18.1 Å². The molecular formula is C22H20FN3O2S. The molecule has 2 aromatic carbocycles. The first-order valence-corrected chi connectivity index (χ1v) is 10.3.